The van der Waals surface area contributed by atoms with E-state index in [1.165, 1.54) is 18.2 Å². The quantitative estimate of drug-likeness (QED) is 0.623. The van der Waals surface area contributed by atoms with Crippen LogP contribution in [0.2, 0.25) is 0 Å². The van der Waals surface area contributed by atoms with Crippen LogP contribution in [0.5, 0.6) is 0 Å². The summed E-state index contributed by atoms with van der Waals surface area (Å²) < 4.78 is 0. The Kier molecular flexibility index (Phi) is 3.77. The van der Waals surface area contributed by atoms with Gasteiger partial charge in [-0.2, -0.15) is 0 Å². The Hall–Kier alpha value is -2.17. The van der Waals surface area contributed by atoms with Crippen molar-refractivity contribution in [3.63, 3.8) is 0 Å². The highest BCUT2D eigenvalue weighted by Crippen LogP contribution is 2.18. The molecule has 0 saturated heterocycles. The largest absolute Gasteiger partial charge is 0.352 e. The molecule has 0 radical (unpaired) electrons. The standard InChI is InChI=1S/C11H12N2O3/c1-3-8-5-9(11(14)12-4-2)7-10(6-8)13(15)16/h3,5-7H,1,4H2,2H3,(H,12,14). The van der Waals surface area contributed by atoms with Gasteiger partial charge in [0.2, 0.25) is 0 Å². The van der Waals surface area contributed by atoms with Gasteiger partial charge in [0.1, 0.15) is 0 Å². The van der Waals surface area contributed by atoms with E-state index in [0.717, 1.165) is 0 Å². The molecule has 0 aliphatic rings. The van der Waals surface area contributed by atoms with E-state index < -0.39 is 4.92 Å². The maximum atomic E-state index is 11.5. The van der Waals surface area contributed by atoms with E-state index in [1.54, 1.807) is 13.0 Å². The molecule has 0 aromatic heterocycles. The van der Waals surface area contributed by atoms with Crippen molar-refractivity contribution in [2.24, 2.45) is 0 Å². The first-order valence-electron chi connectivity index (χ1n) is 4.78. The predicted molar refractivity (Wildman–Crippen MR) is 61.2 cm³/mol. The molecule has 0 unspecified atom stereocenters. The van der Waals surface area contributed by atoms with Gasteiger partial charge in [0.15, 0.2) is 0 Å². The molecular weight excluding hydrogens is 208 g/mol. The van der Waals surface area contributed by atoms with Crippen molar-refractivity contribution in [3.8, 4) is 0 Å². The molecular formula is C11H12N2O3. The highest BCUT2D eigenvalue weighted by molar-refractivity contribution is 5.95. The van der Waals surface area contributed by atoms with Gasteiger partial charge in [0.05, 0.1) is 4.92 Å². The van der Waals surface area contributed by atoms with Gasteiger partial charge < -0.3 is 5.32 Å². The topological polar surface area (TPSA) is 72.2 Å². The van der Waals surface area contributed by atoms with Crippen molar-refractivity contribution in [1.82, 2.24) is 5.32 Å². The van der Waals surface area contributed by atoms with Crippen molar-refractivity contribution < 1.29 is 9.72 Å². The van der Waals surface area contributed by atoms with E-state index >= 15 is 0 Å². The van der Waals surface area contributed by atoms with Crippen LogP contribution in [0.25, 0.3) is 6.08 Å². The number of rotatable bonds is 4. The van der Waals surface area contributed by atoms with E-state index in [4.69, 9.17) is 0 Å². The number of non-ortho nitro benzene ring substituents is 1. The molecule has 1 amide bonds. The third kappa shape index (κ3) is 2.66. The normalized spacial score (nSPS) is 9.56. The van der Waals surface area contributed by atoms with Crippen LogP contribution in [0.15, 0.2) is 24.8 Å². The molecule has 0 bridgehead atoms. The number of nitrogens with one attached hydrogen (secondary N) is 1. The minimum absolute atomic E-state index is 0.112. The number of hydrogen-bond acceptors (Lipinski definition) is 3. The second-order valence-electron chi connectivity index (χ2n) is 3.13. The smallest absolute Gasteiger partial charge is 0.270 e. The fourth-order valence-electron chi connectivity index (χ4n) is 1.25. The summed E-state index contributed by atoms with van der Waals surface area (Å²) in [6.07, 6.45) is 1.47. The maximum Gasteiger partial charge on any atom is 0.270 e. The van der Waals surface area contributed by atoms with Crippen LogP contribution in [-0.2, 0) is 0 Å². The average molecular weight is 220 g/mol. The Balaban J connectivity index is 3.18. The van der Waals surface area contributed by atoms with Gasteiger partial charge in [-0.3, -0.25) is 14.9 Å². The van der Waals surface area contributed by atoms with Crippen LogP contribution in [0.4, 0.5) is 5.69 Å². The second-order valence-corrected chi connectivity index (χ2v) is 3.13. The van der Waals surface area contributed by atoms with Crippen LogP contribution in [0.1, 0.15) is 22.8 Å². The summed E-state index contributed by atoms with van der Waals surface area (Å²) in [6.45, 7) is 5.78. The number of carbonyl (C=O) groups is 1. The van der Waals surface area contributed by atoms with Gasteiger partial charge in [0, 0.05) is 24.2 Å². The first-order valence-corrected chi connectivity index (χ1v) is 4.78. The van der Waals surface area contributed by atoms with Gasteiger partial charge in [-0.05, 0) is 18.6 Å². The lowest BCUT2D eigenvalue weighted by atomic mass is 10.1. The zero-order valence-corrected chi connectivity index (χ0v) is 8.90. The summed E-state index contributed by atoms with van der Waals surface area (Å²) in [5, 5.41) is 13.2. The third-order valence-electron chi connectivity index (χ3n) is 1.99. The zero-order valence-electron chi connectivity index (χ0n) is 8.90. The first-order chi connectivity index (χ1) is 7.58. The van der Waals surface area contributed by atoms with Crippen LogP contribution in [0, 0.1) is 10.1 Å². The maximum absolute atomic E-state index is 11.5. The summed E-state index contributed by atoms with van der Waals surface area (Å²) in [4.78, 5) is 21.6. The average Bonchev–Trinajstić information content (AvgIpc) is 2.28. The van der Waals surface area contributed by atoms with Crippen molar-refractivity contribution in [3.05, 3.63) is 46.0 Å². The van der Waals surface area contributed by atoms with Gasteiger partial charge in [0.25, 0.3) is 11.6 Å². The molecule has 84 valence electrons. The molecule has 1 N–H and O–H groups in total. The second kappa shape index (κ2) is 5.06. The molecule has 0 saturated carbocycles. The Labute approximate surface area is 92.9 Å². The van der Waals surface area contributed by atoms with Crippen LogP contribution in [-0.4, -0.2) is 17.4 Å². The Morgan fingerprint density at radius 3 is 2.75 bits per heavy atom. The fraction of sp³-hybridized carbons (Fsp3) is 0.182. The van der Waals surface area contributed by atoms with Crippen LogP contribution in [0.3, 0.4) is 0 Å². The molecule has 5 nitrogen and oxygen atoms in total. The molecule has 0 spiro atoms. The minimum Gasteiger partial charge on any atom is -0.352 e. The summed E-state index contributed by atoms with van der Waals surface area (Å²) in [7, 11) is 0. The van der Waals surface area contributed by atoms with Crippen molar-refractivity contribution in [1.29, 1.82) is 0 Å². The third-order valence-corrected chi connectivity index (χ3v) is 1.99. The molecule has 0 fully saturated rings. The summed E-state index contributed by atoms with van der Waals surface area (Å²) >= 11 is 0. The van der Waals surface area contributed by atoms with E-state index in [-0.39, 0.29) is 17.2 Å². The van der Waals surface area contributed by atoms with Gasteiger partial charge in [-0.25, -0.2) is 0 Å². The molecule has 1 rings (SSSR count). The monoisotopic (exact) mass is 220 g/mol. The summed E-state index contributed by atoms with van der Waals surface area (Å²) in [5.74, 6) is -0.325. The lowest BCUT2D eigenvalue weighted by Crippen LogP contribution is -2.22. The van der Waals surface area contributed by atoms with E-state index in [9.17, 15) is 14.9 Å². The van der Waals surface area contributed by atoms with E-state index in [0.29, 0.717) is 12.1 Å². The number of benzene rings is 1. The predicted octanol–water partition coefficient (Wildman–Crippen LogP) is 1.99. The minimum atomic E-state index is -0.532. The SMILES string of the molecule is C=Cc1cc(C(=O)NCC)cc([N+](=O)[O-])c1. The molecule has 1 aromatic rings. The number of nitro groups is 1. The summed E-state index contributed by atoms with van der Waals surface area (Å²) in [5.41, 5.74) is 0.708. The highest BCUT2D eigenvalue weighted by atomic mass is 16.6. The zero-order chi connectivity index (χ0) is 12.1. The molecule has 5 heteroatoms. The highest BCUT2D eigenvalue weighted by Gasteiger charge is 2.12. The number of amides is 1. The first kappa shape index (κ1) is 11.9. The number of nitro benzene ring substituents is 1. The number of carbonyl (C=O) groups excluding carboxylic acids is 1. The fourth-order valence-corrected chi connectivity index (χ4v) is 1.25. The molecule has 0 heterocycles. The Morgan fingerprint density at radius 2 is 2.25 bits per heavy atom. The van der Waals surface area contributed by atoms with Crippen molar-refractivity contribution >= 4 is 17.7 Å². The Bertz CT molecular complexity index is 441. The van der Waals surface area contributed by atoms with Crippen LogP contribution < -0.4 is 5.32 Å². The van der Waals surface area contributed by atoms with E-state index in [1.807, 2.05) is 0 Å². The molecule has 0 aliphatic carbocycles. The van der Waals surface area contributed by atoms with Crippen molar-refractivity contribution in [2.75, 3.05) is 6.54 Å². The van der Waals surface area contributed by atoms with Gasteiger partial charge >= 0.3 is 0 Å². The van der Waals surface area contributed by atoms with Gasteiger partial charge in [-0.1, -0.05) is 12.7 Å². The van der Waals surface area contributed by atoms with Crippen LogP contribution >= 0.6 is 0 Å². The van der Waals surface area contributed by atoms with Crippen molar-refractivity contribution in [2.45, 2.75) is 6.92 Å². The Morgan fingerprint density at radius 1 is 1.56 bits per heavy atom. The number of nitrogens with zero attached hydrogens (tertiary/aromatic N) is 1. The lowest BCUT2D eigenvalue weighted by Gasteiger charge is -2.03. The van der Waals surface area contributed by atoms with Gasteiger partial charge in [-0.15, -0.1) is 0 Å². The molecule has 1 aromatic carbocycles. The lowest BCUT2D eigenvalue weighted by molar-refractivity contribution is -0.384. The molecule has 0 aliphatic heterocycles. The summed E-state index contributed by atoms with van der Waals surface area (Å²) in [6, 6.07) is 4.18. The molecule has 0 atom stereocenters. The molecule has 16 heavy (non-hydrogen) atoms. The van der Waals surface area contributed by atoms with E-state index in [2.05, 4.69) is 11.9 Å². The number of hydrogen-bond donors (Lipinski definition) is 1.